The molecule has 3 rings (SSSR count). The molecule has 0 saturated carbocycles. The van der Waals surface area contributed by atoms with Crippen LogP contribution in [0.4, 0.5) is 14.6 Å². The Morgan fingerprint density at radius 3 is 2.65 bits per heavy atom. The van der Waals surface area contributed by atoms with Gasteiger partial charge in [0.1, 0.15) is 11.9 Å². The van der Waals surface area contributed by atoms with Gasteiger partial charge >= 0.3 is 0 Å². The van der Waals surface area contributed by atoms with Crippen molar-refractivity contribution in [1.82, 2.24) is 15.0 Å². The van der Waals surface area contributed by atoms with Gasteiger partial charge in [0.2, 0.25) is 0 Å². The van der Waals surface area contributed by atoms with E-state index in [0.29, 0.717) is 18.2 Å². The zero-order valence-corrected chi connectivity index (χ0v) is 13.0. The van der Waals surface area contributed by atoms with Gasteiger partial charge in [0.15, 0.2) is 5.82 Å². The number of pyridine rings is 1. The first-order chi connectivity index (χ1) is 11.1. The van der Waals surface area contributed by atoms with Crippen LogP contribution in [0.2, 0.25) is 0 Å². The Morgan fingerprint density at radius 2 is 1.96 bits per heavy atom. The molecule has 23 heavy (non-hydrogen) atoms. The molecule has 0 amide bonds. The van der Waals surface area contributed by atoms with Crippen molar-refractivity contribution in [2.45, 2.75) is 26.4 Å². The third-order valence-corrected chi connectivity index (χ3v) is 3.98. The smallest absolute Gasteiger partial charge is 0.266 e. The number of anilines is 1. The lowest BCUT2D eigenvalue weighted by molar-refractivity contribution is -0.0616. The highest BCUT2D eigenvalue weighted by molar-refractivity contribution is 5.60. The molecule has 7 heteroatoms. The molecule has 1 fully saturated rings. The molecular formula is C16H18F2N4O. The third kappa shape index (κ3) is 3.29. The highest BCUT2D eigenvalue weighted by atomic mass is 19.3. The number of halogens is 2. The minimum atomic E-state index is -2.50. The monoisotopic (exact) mass is 320 g/mol. The summed E-state index contributed by atoms with van der Waals surface area (Å²) in [4.78, 5) is 15.0. The number of morpholine rings is 1. The molecule has 5 nitrogen and oxygen atoms in total. The predicted octanol–water partition coefficient (Wildman–Crippen LogP) is 2.63. The summed E-state index contributed by atoms with van der Waals surface area (Å²) < 4.78 is 31.0. The van der Waals surface area contributed by atoms with Crippen molar-refractivity contribution in [3.8, 4) is 11.4 Å². The molecule has 1 unspecified atom stereocenters. The second-order valence-electron chi connectivity index (χ2n) is 5.51. The number of hydrogen-bond acceptors (Lipinski definition) is 5. The SMILES string of the molecule is Cc1nc(-c2ccncc2)nc(N2CCOC(C(F)F)C2)c1C. The van der Waals surface area contributed by atoms with Gasteiger partial charge in [-0.15, -0.1) is 0 Å². The van der Waals surface area contributed by atoms with E-state index in [1.54, 1.807) is 12.4 Å². The van der Waals surface area contributed by atoms with E-state index in [-0.39, 0.29) is 13.2 Å². The molecule has 3 heterocycles. The van der Waals surface area contributed by atoms with Crippen LogP contribution < -0.4 is 4.90 Å². The van der Waals surface area contributed by atoms with Crippen molar-refractivity contribution in [3.63, 3.8) is 0 Å². The van der Waals surface area contributed by atoms with E-state index in [4.69, 9.17) is 4.74 Å². The summed E-state index contributed by atoms with van der Waals surface area (Å²) in [5.41, 5.74) is 2.59. The minimum absolute atomic E-state index is 0.130. The number of nitrogens with zero attached hydrogens (tertiary/aromatic N) is 4. The molecule has 1 saturated heterocycles. The van der Waals surface area contributed by atoms with Gasteiger partial charge in [-0.05, 0) is 26.0 Å². The van der Waals surface area contributed by atoms with Gasteiger partial charge in [0.25, 0.3) is 6.43 Å². The van der Waals surface area contributed by atoms with Gasteiger partial charge < -0.3 is 9.64 Å². The van der Waals surface area contributed by atoms with Crippen LogP contribution in [0.25, 0.3) is 11.4 Å². The molecule has 0 aliphatic carbocycles. The third-order valence-electron chi connectivity index (χ3n) is 3.98. The second kappa shape index (κ2) is 6.54. The number of aryl methyl sites for hydroxylation is 1. The number of alkyl halides is 2. The first-order valence-corrected chi connectivity index (χ1v) is 7.46. The molecule has 0 bridgehead atoms. The van der Waals surface area contributed by atoms with E-state index in [1.165, 1.54) is 0 Å². The largest absolute Gasteiger partial charge is 0.369 e. The Kier molecular flexibility index (Phi) is 4.47. The molecule has 1 aliphatic rings. The average molecular weight is 320 g/mol. The van der Waals surface area contributed by atoms with Crippen molar-refractivity contribution in [2.75, 3.05) is 24.6 Å². The molecule has 0 N–H and O–H groups in total. The quantitative estimate of drug-likeness (QED) is 0.870. The van der Waals surface area contributed by atoms with Crippen molar-refractivity contribution >= 4 is 5.82 Å². The van der Waals surface area contributed by atoms with E-state index in [2.05, 4.69) is 15.0 Å². The lowest BCUT2D eigenvalue weighted by Crippen LogP contribution is -2.46. The van der Waals surface area contributed by atoms with Crippen LogP contribution in [0.3, 0.4) is 0 Å². The zero-order valence-electron chi connectivity index (χ0n) is 13.0. The van der Waals surface area contributed by atoms with E-state index in [9.17, 15) is 8.78 Å². The first kappa shape index (κ1) is 15.7. The summed E-state index contributed by atoms with van der Waals surface area (Å²) in [6.07, 6.45) is -0.229. The molecule has 0 radical (unpaired) electrons. The first-order valence-electron chi connectivity index (χ1n) is 7.46. The van der Waals surface area contributed by atoms with Crippen molar-refractivity contribution in [1.29, 1.82) is 0 Å². The van der Waals surface area contributed by atoms with Crippen LogP contribution >= 0.6 is 0 Å². The lowest BCUT2D eigenvalue weighted by Gasteiger charge is -2.34. The van der Waals surface area contributed by atoms with Crippen molar-refractivity contribution in [3.05, 3.63) is 35.8 Å². The summed E-state index contributed by atoms with van der Waals surface area (Å²) in [6.45, 7) is 4.74. The molecule has 0 spiro atoms. The van der Waals surface area contributed by atoms with Gasteiger partial charge in [0, 0.05) is 35.8 Å². The zero-order chi connectivity index (χ0) is 16.4. The Morgan fingerprint density at radius 1 is 1.22 bits per heavy atom. The lowest BCUT2D eigenvalue weighted by atomic mass is 10.2. The fourth-order valence-corrected chi connectivity index (χ4v) is 2.57. The Hall–Kier alpha value is -2.15. The van der Waals surface area contributed by atoms with Gasteiger partial charge in [-0.25, -0.2) is 18.7 Å². The maximum atomic E-state index is 12.9. The predicted molar refractivity (Wildman–Crippen MR) is 82.7 cm³/mol. The van der Waals surface area contributed by atoms with Crippen LogP contribution in [-0.2, 0) is 4.74 Å². The highest BCUT2D eigenvalue weighted by Crippen LogP contribution is 2.26. The maximum absolute atomic E-state index is 12.9. The van der Waals surface area contributed by atoms with Crippen molar-refractivity contribution in [2.24, 2.45) is 0 Å². The van der Waals surface area contributed by atoms with Crippen LogP contribution in [0.15, 0.2) is 24.5 Å². The fourth-order valence-electron chi connectivity index (χ4n) is 2.57. The number of hydrogen-bond donors (Lipinski definition) is 0. The molecule has 0 aromatic carbocycles. The molecule has 1 aliphatic heterocycles. The normalized spacial score (nSPS) is 18.5. The van der Waals surface area contributed by atoms with Gasteiger partial charge in [-0.3, -0.25) is 4.98 Å². The molecule has 122 valence electrons. The summed E-state index contributed by atoms with van der Waals surface area (Å²) in [5, 5.41) is 0. The fraction of sp³-hybridized carbons (Fsp3) is 0.438. The Balaban J connectivity index is 1.97. The standard InChI is InChI=1S/C16H18F2N4O/c1-10-11(2)20-15(12-3-5-19-6-4-12)21-16(10)22-7-8-23-13(9-22)14(17)18/h3-6,13-14H,7-9H2,1-2H3. The van der Waals surface area contributed by atoms with Crippen LogP contribution in [0.1, 0.15) is 11.3 Å². The van der Waals surface area contributed by atoms with Gasteiger partial charge in [-0.2, -0.15) is 0 Å². The summed E-state index contributed by atoms with van der Waals surface area (Å²) >= 11 is 0. The summed E-state index contributed by atoms with van der Waals surface area (Å²) in [7, 11) is 0. The number of aromatic nitrogens is 3. The molecule has 2 aromatic heterocycles. The second-order valence-corrected chi connectivity index (χ2v) is 5.51. The van der Waals surface area contributed by atoms with E-state index in [1.807, 2.05) is 30.9 Å². The minimum Gasteiger partial charge on any atom is -0.369 e. The average Bonchev–Trinajstić information content (AvgIpc) is 2.58. The van der Waals surface area contributed by atoms with Gasteiger partial charge in [-0.1, -0.05) is 0 Å². The van der Waals surface area contributed by atoms with E-state index >= 15 is 0 Å². The van der Waals surface area contributed by atoms with Gasteiger partial charge in [0.05, 0.1) is 13.2 Å². The van der Waals surface area contributed by atoms with E-state index in [0.717, 1.165) is 16.8 Å². The molecule has 2 aromatic rings. The van der Waals surface area contributed by atoms with E-state index < -0.39 is 12.5 Å². The van der Waals surface area contributed by atoms with Crippen molar-refractivity contribution < 1.29 is 13.5 Å². The van der Waals surface area contributed by atoms with Crippen LogP contribution in [0, 0.1) is 13.8 Å². The number of rotatable bonds is 3. The topological polar surface area (TPSA) is 51.1 Å². The summed E-state index contributed by atoms with van der Waals surface area (Å²) in [5.74, 6) is 1.27. The Labute approximate surface area is 133 Å². The van der Waals surface area contributed by atoms with Crippen LogP contribution in [0.5, 0.6) is 0 Å². The molecular weight excluding hydrogens is 302 g/mol. The highest BCUT2D eigenvalue weighted by Gasteiger charge is 2.29. The maximum Gasteiger partial charge on any atom is 0.266 e. The number of ether oxygens (including phenoxy) is 1. The van der Waals surface area contributed by atoms with Crippen LogP contribution in [-0.4, -0.2) is 47.2 Å². The Bertz CT molecular complexity index is 681. The molecule has 1 atom stereocenters. The summed E-state index contributed by atoms with van der Waals surface area (Å²) in [6, 6.07) is 3.66.